The van der Waals surface area contributed by atoms with E-state index >= 15 is 0 Å². The normalized spacial score (nSPS) is 18.0. The van der Waals surface area contributed by atoms with Crippen LogP contribution >= 0.6 is 0 Å². The van der Waals surface area contributed by atoms with E-state index in [4.69, 9.17) is 9.84 Å². The summed E-state index contributed by atoms with van der Waals surface area (Å²) in [7, 11) is 0. The van der Waals surface area contributed by atoms with Crippen LogP contribution in [0.25, 0.3) is 0 Å². The van der Waals surface area contributed by atoms with Gasteiger partial charge in [0.05, 0.1) is 24.8 Å². The van der Waals surface area contributed by atoms with E-state index in [0.29, 0.717) is 38.5 Å². The molecule has 0 aromatic carbocycles. The van der Waals surface area contributed by atoms with Crippen LogP contribution in [0.3, 0.4) is 0 Å². The van der Waals surface area contributed by atoms with Gasteiger partial charge in [-0.15, -0.1) is 0 Å². The van der Waals surface area contributed by atoms with Gasteiger partial charge in [0.25, 0.3) is 0 Å². The molecule has 1 amide bonds. The standard InChI is InChI=1S/C18H29N3O4/c1-12(2)10-21-14(4)16(13(3)19-21)5-6-17(22)20-7-8-25-15(11-20)9-18(23)24/h12,15H,5-11H2,1-4H3,(H,23,24). The lowest BCUT2D eigenvalue weighted by Gasteiger charge is -2.32. The lowest BCUT2D eigenvalue weighted by atomic mass is 10.1. The zero-order chi connectivity index (χ0) is 18.6. The Morgan fingerprint density at radius 2 is 2.08 bits per heavy atom. The van der Waals surface area contributed by atoms with Gasteiger partial charge in [-0.25, -0.2) is 0 Å². The summed E-state index contributed by atoms with van der Waals surface area (Å²) in [5.41, 5.74) is 3.26. The van der Waals surface area contributed by atoms with E-state index in [2.05, 4.69) is 25.9 Å². The average molecular weight is 351 g/mol. The number of carboxylic acids is 1. The van der Waals surface area contributed by atoms with Gasteiger partial charge in [-0.1, -0.05) is 13.8 Å². The van der Waals surface area contributed by atoms with Crippen molar-refractivity contribution in [3.8, 4) is 0 Å². The fourth-order valence-electron chi connectivity index (χ4n) is 3.27. The van der Waals surface area contributed by atoms with E-state index in [0.717, 1.165) is 23.5 Å². The number of hydrogen-bond donors (Lipinski definition) is 1. The van der Waals surface area contributed by atoms with Crippen molar-refractivity contribution in [2.45, 2.75) is 59.6 Å². The molecule has 1 aliphatic rings. The maximum absolute atomic E-state index is 12.5. The van der Waals surface area contributed by atoms with Crippen LogP contribution in [0.4, 0.5) is 0 Å². The highest BCUT2D eigenvalue weighted by atomic mass is 16.5. The summed E-state index contributed by atoms with van der Waals surface area (Å²) >= 11 is 0. The number of nitrogens with zero attached hydrogens (tertiary/aromatic N) is 3. The molecule has 2 rings (SSSR count). The Balaban J connectivity index is 1.93. The summed E-state index contributed by atoms with van der Waals surface area (Å²) in [6.45, 7) is 10.5. The summed E-state index contributed by atoms with van der Waals surface area (Å²) in [6.07, 6.45) is 0.599. The molecule has 1 saturated heterocycles. The van der Waals surface area contributed by atoms with Gasteiger partial charge in [-0.05, 0) is 31.7 Å². The molecule has 1 N–H and O–H groups in total. The third-order valence-corrected chi connectivity index (χ3v) is 4.55. The molecule has 1 atom stereocenters. The number of carbonyl (C=O) groups excluding carboxylic acids is 1. The predicted octanol–water partition coefficient (Wildman–Crippen LogP) is 1.79. The maximum atomic E-state index is 12.5. The number of aryl methyl sites for hydroxylation is 1. The first-order chi connectivity index (χ1) is 11.8. The average Bonchev–Trinajstić information content (AvgIpc) is 2.78. The molecule has 0 radical (unpaired) electrons. The minimum atomic E-state index is -0.900. The smallest absolute Gasteiger partial charge is 0.306 e. The van der Waals surface area contributed by atoms with Crippen LogP contribution < -0.4 is 0 Å². The van der Waals surface area contributed by atoms with E-state index in [1.54, 1.807) is 4.90 Å². The highest BCUT2D eigenvalue weighted by Gasteiger charge is 2.26. The second kappa shape index (κ2) is 8.47. The van der Waals surface area contributed by atoms with E-state index in [1.807, 2.05) is 11.6 Å². The fraction of sp³-hybridized carbons (Fsp3) is 0.722. The number of ether oxygens (including phenoxy) is 1. The number of aliphatic carboxylic acids is 1. The first-order valence-corrected chi connectivity index (χ1v) is 8.92. The zero-order valence-electron chi connectivity index (χ0n) is 15.6. The van der Waals surface area contributed by atoms with Crippen LogP contribution in [0.2, 0.25) is 0 Å². The van der Waals surface area contributed by atoms with Crippen molar-refractivity contribution in [3.63, 3.8) is 0 Å². The van der Waals surface area contributed by atoms with Crippen LogP contribution in [0.1, 0.15) is 43.6 Å². The molecule has 7 nitrogen and oxygen atoms in total. The Labute approximate surface area is 148 Å². The molecule has 7 heteroatoms. The number of rotatable bonds is 7. The van der Waals surface area contributed by atoms with Gasteiger partial charge in [0, 0.05) is 31.7 Å². The minimum absolute atomic E-state index is 0.0501. The van der Waals surface area contributed by atoms with Gasteiger partial charge in [-0.2, -0.15) is 5.10 Å². The number of hydrogen-bond acceptors (Lipinski definition) is 4. The minimum Gasteiger partial charge on any atom is -0.481 e. The third-order valence-electron chi connectivity index (χ3n) is 4.55. The van der Waals surface area contributed by atoms with Crippen LogP contribution in [-0.2, 0) is 27.3 Å². The Morgan fingerprint density at radius 3 is 2.72 bits per heavy atom. The topological polar surface area (TPSA) is 84.7 Å². The molecular formula is C18H29N3O4. The second-order valence-corrected chi connectivity index (χ2v) is 7.16. The molecule has 0 bridgehead atoms. The SMILES string of the molecule is Cc1nn(CC(C)C)c(C)c1CCC(=O)N1CCOC(CC(=O)O)C1. The largest absolute Gasteiger partial charge is 0.481 e. The summed E-state index contributed by atoms with van der Waals surface area (Å²) in [5, 5.41) is 13.5. The molecule has 1 aromatic heterocycles. The molecule has 0 saturated carbocycles. The van der Waals surface area contributed by atoms with E-state index in [9.17, 15) is 9.59 Å². The van der Waals surface area contributed by atoms with E-state index in [-0.39, 0.29) is 12.3 Å². The maximum Gasteiger partial charge on any atom is 0.306 e. The fourth-order valence-corrected chi connectivity index (χ4v) is 3.27. The lowest BCUT2D eigenvalue weighted by Crippen LogP contribution is -2.46. The highest BCUT2D eigenvalue weighted by Crippen LogP contribution is 2.18. The van der Waals surface area contributed by atoms with Crippen molar-refractivity contribution in [3.05, 3.63) is 17.0 Å². The molecule has 140 valence electrons. The summed E-state index contributed by atoms with van der Waals surface area (Å²) < 4.78 is 7.45. The molecule has 1 fully saturated rings. The van der Waals surface area contributed by atoms with Crippen LogP contribution in [-0.4, -0.2) is 57.5 Å². The molecule has 25 heavy (non-hydrogen) atoms. The molecule has 1 unspecified atom stereocenters. The second-order valence-electron chi connectivity index (χ2n) is 7.16. The molecular weight excluding hydrogens is 322 g/mol. The van der Waals surface area contributed by atoms with Gasteiger partial charge in [0.2, 0.25) is 5.91 Å². The Bertz CT molecular complexity index is 624. The molecule has 0 aliphatic carbocycles. The molecule has 0 spiro atoms. The third kappa shape index (κ3) is 5.29. The summed E-state index contributed by atoms with van der Waals surface area (Å²) in [4.78, 5) is 25.0. The van der Waals surface area contributed by atoms with Gasteiger partial charge in [0.15, 0.2) is 0 Å². The molecule has 2 heterocycles. The van der Waals surface area contributed by atoms with Crippen LogP contribution in [0.5, 0.6) is 0 Å². The number of amides is 1. The van der Waals surface area contributed by atoms with Crippen molar-refractivity contribution in [2.75, 3.05) is 19.7 Å². The summed E-state index contributed by atoms with van der Waals surface area (Å²) in [5.74, 6) is -0.329. The van der Waals surface area contributed by atoms with Crippen molar-refractivity contribution in [1.29, 1.82) is 0 Å². The van der Waals surface area contributed by atoms with Gasteiger partial charge >= 0.3 is 5.97 Å². The van der Waals surface area contributed by atoms with Gasteiger partial charge in [-0.3, -0.25) is 14.3 Å². The van der Waals surface area contributed by atoms with E-state index < -0.39 is 12.1 Å². The number of morpholine rings is 1. The van der Waals surface area contributed by atoms with Crippen molar-refractivity contribution < 1.29 is 19.4 Å². The first-order valence-electron chi connectivity index (χ1n) is 8.92. The highest BCUT2D eigenvalue weighted by molar-refractivity contribution is 5.77. The van der Waals surface area contributed by atoms with Crippen molar-refractivity contribution >= 4 is 11.9 Å². The van der Waals surface area contributed by atoms with Crippen molar-refractivity contribution in [1.82, 2.24) is 14.7 Å². The Morgan fingerprint density at radius 1 is 1.36 bits per heavy atom. The van der Waals surface area contributed by atoms with Crippen molar-refractivity contribution in [2.24, 2.45) is 5.92 Å². The predicted molar refractivity (Wildman–Crippen MR) is 93.4 cm³/mol. The monoisotopic (exact) mass is 351 g/mol. The van der Waals surface area contributed by atoms with Crippen LogP contribution in [0, 0.1) is 19.8 Å². The summed E-state index contributed by atoms with van der Waals surface area (Å²) in [6, 6.07) is 0. The van der Waals surface area contributed by atoms with Gasteiger partial charge in [0.1, 0.15) is 0 Å². The Kier molecular flexibility index (Phi) is 6.58. The number of aromatic nitrogens is 2. The number of carbonyl (C=O) groups is 2. The lowest BCUT2D eigenvalue weighted by molar-refractivity contribution is -0.147. The quantitative estimate of drug-likeness (QED) is 0.809. The zero-order valence-corrected chi connectivity index (χ0v) is 15.6. The molecule has 1 aliphatic heterocycles. The van der Waals surface area contributed by atoms with E-state index in [1.165, 1.54) is 0 Å². The first kappa shape index (κ1) is 19.4. The Hall–Kier alpha value is -1.89. The van der Waals surface area contributed by atoms with Crippen LogP contribution in [0.15, 0.2) is 0 Å². The molecule has 1 aromatic rings. The number of carboxylic acid groups (broad SMARTS) is 1. The van der Waals surface area contributed by atoms with Gasteiger partial charge < -0.3 is 14.7 Å².